The van der Waals surface area contributed by atoms with Crippen LogP contribution in [0.15, 0.2) is 30.3 Å². The Kier molecular flexibility index (Phi) is 3.82. The van der Waals surface area contributed by atoms with Crippen molar-refractivity contribution in [3.8, 4) is 11.6 Å². The number of hydrogen-bond donors (Lipinski definition) is 0. The Morgan fingerprint density at radius 1 is 1.18 bits per heavy atom. The van der Waals surface area contributed by atoms with Crippen LogP contribution in [0.5, 0.6) is 11.6 Å². The normalized spacial score (nSPS) is 10.3. The minimum Gasteiger partial charge on any atom is -0.438 e. The molecular formula is C12H10Cl2N2O. The van der Waals surface area contributed by atoms with Gasteiger partial charge in [-0.2, -0.15) is 5.10 Å². The Balaban J connectivity index is 2.16. The molecule has 1 aromatic heterocycles. The second kappa shape index (κ2) is 5.34. The van der Waals surface area contributed by atoms with E-state index in [1.54, 1.807) is 24.3 Å². The van der Waals surface area contributed by atoms with Gasteiger partial charge in [-0.3, -0.25) is 0 Å². The Labute approximate surface area is 109 Å². The van der Waals surface area contributed by atoms with Crippen molar-refractivity contribution in [3.05, 3.63) is 46.6 Å². The lowest BCUT2D eigenvalue weighted by atomic mass is 10.2. The Bertz CT molecular complexity index is 514. The van der Waals surface area contributed by atoms with E-state index in [0.29, 0.717) is 28.2 Å². The van der Waals surface area contributed by atoms with Crippen molar-refractivity contribution >= 4 is 23.2 Å². The molecule has 0 fully saturated rings. The van der Waals surface area contributed by atoms with Gasteiger partial charge in [0.05, 0.1) is 11.6 Å². The van der Waals surface area contributed by atoms with E-state index in [-0.39, 0.29) is 0 Å². The average molecular weight is 269 g/mol. The fraction of sp³-hybridized carbons (Fsp3) is 0.167. The van der Waals surface area contributed by atoms with E-state index in [0.717, 1.165) is 5.56 Å². The van der Waals surface area contributed by atoms with Gasteiger partial charge in [-0.15, -0.1) is 16.7 Å². The van der Waals surface area contributed by atoms with Gasteiger partial charge in [-0.1, -0.05) is 11.6 Å². The summed E-state index contributed by atoms with van der Waals surface area (Å²) < 4.78 is 5.54. The van der Waals surface area contributed by atoms with Crippen LogP contribution in [-0.4, -0.2) is 10.2 Å². The summed E-state index contributed by atoms with van der Waals surface area (Å²) >= 11 is 11.5. The van der Waals surface area contributed by atoms with Gasteiger partial charge in [0.15, 0.2) is 0 Å². The molecular weight excluding hydrogens is 259 g/mol. The summed E-state index contributed by atoms with van der Waals surface area (Å²) in [4.78, 5) is 0. The minimum atomic E-state index is 0.341. The third-order valence-corrected chi connectivity index (χ3v) is 2.88. The molecule has 0 bridgehead atoms. The second-order valence-electron chi connectivity index (χ2n) is 3.51. The van der Waals surface area contributed by atoms with Gasteiger partial charge >= 0.3 is 0 Å². The number of aromatic nitrogens is 2. The van der Waals surface area contributed by atoms with Crippen LogP contribution < -0.4 is 4.74 Å². The van der Waals surface area contributed by atoms with Crippen molar-refractivity contribution in [2.24, 2.45) is 0 Å². The van der Waals surface area contributed by atoms with Crippen LogP contribution in [0, 0.1) is 6.92 Å². The highest BCUT2D eigenvalue weighted by molar-refractivity contribution is 6.31. The molecule has 0 amide bonds. The standard InChI is InChI=1S/C12H10Cl2N2O/c1-8-6-10(3-4-11(8)14)17-12-5-2-9(7-13)15-16-12/h2-6H,7H2,1H3. The molecule has 17 heavy (non-hydrogen) atoms. The molecule has 0 aliphatic carbocycles. The van der Waals surface area contributed by atoms with Crippen LogP contribution in [0.25, 0.3) is 0 Å². The van der Waals surface area contributed by atoms with Gasteiger partial charge in [0.1, 0.15) is 5.75 Å². The predicted octanol–water partition coefficient (Wildman–Crippen LogP) is 3.97. The summed E-state index contributed by atoms with van der Waals surface area (Å²) in [6.45, 7) is 1.91. The molecule has 0 saturated heterocycles. The first-order valence-corrected chi connectivity index (χ1v) is 5.93. The zero-order valence-corrected chi connectivity index (χ0v) is 10.7. The van der Waals surface area contributed by atoms with Gasteiger partial charge in [-0.25, -0.2) is 0 Å². The predicted molar refractivity (Wildman–Crippen MR) is 67.9 cm³/mol. The zero-order chi connectivity index (χ0) is 12.3. The van der Waals surface area contributed by atoms with Crippen molar-refractivity contribution < 1.29 is 4.74 Å². The SMILES string of the molecule is Cc1cc(Oc2ccc(CCl)nn2)ccc1Cl. The summed E-state index contributed by atoms with van der Waals surface area (Å²) in [6.07, 6.45) is 0. The first-order valence-electron chi connectivity index (χ1n) is 5.01. The molecule has 1 heterocycles. The van der Waals surface area contributed by atoms with Crippen molar-refractivity contribution in [2.75, 3.05) is 0 Å². The first-order chi connectivity index (χ1) is 8.19. The molecule has 0 atom stereocenters. The smallest absolute Gasteiger partial charge is 0.238 e. The largest absolute Gasteiger partial charge is 0.438 e. The third kappa shape index (κ3) is 3.08. The van der Waals surface area contributed by atoms with Gasteiger partial charge in [0.2, 0.25) is 5.88 Å². The monoisotopic (exact) mass is 268 g/mol. The zero-order valence-electron chi connectivity index (χ0n) is 9.15. The molecule has 0 spiro atoms. The molecule has 2 aromatic rings. The molecule has 0 aliphatic rings. The fourth-order valence-electron chi connectivity index (χ4n) is 1.27. The van der Waals surface area contributed by atoms with E-state index in [1.807, 2.05) is 13.0 Å². The fourth-order valence-corrected chi connectivity index (χ4v) is 1.53. The number of rotatable bonds is 3. The maximum atomic E-state index is 5.93. The van der Waals surface area contributed by atoms with Crippen molar-refractivity contribution in [2.45, 2.75) is 12.8 Å². The highest BCUT2D eigenvalue weighted by Gasteiger charge is 2.02. The maximum absolute atomic E-state index is 5.93. The molecule has 88 valence electrons. The van der Waals surface area contributed by atoms with E-state index in [4.69, 9.17) is 27.9 Å². The van der Waals surface area contributed by atoms with Gasteiger partial charge < -0.3 is 4.74 Å². The first kappa shape index (κ1) is 12.1. The number of halogens is 2. The number of nitrogens with zero attached hydrogens (tertiary/aromatic N) is 2. The molecule has 0 radical (unpaired) electrons. The molecule has 1 aromatic carbocycles. The molecule has 0 aliphatic heterocycles. The van der Waals surface area contributed by atoms with Crippen LogP contribution in [0.1, 0.15) is 11.3 Å². The average Bonchev–Trinajstić information content (AvgIpc) is 2.35. The topological polar surface area (TPSA) is 35.0 Å². The maximum Gasteiger partial charge on any atom is 0.238 e. The van der Waals surface area contributed by atoms with E-state index in [1.165, 1.54) is 0 Å². The van der Waals surface area contributed by atoms with Crippen molar-refractivity contribution in [3.63, 3.8) is 0 Å². The van der Waals surface area contributed by atoms with Crippen LogP contribution in [0.4, 0.5) is 0 Å². The van der Waals surface area contributed by atoms with Crippen LogP contribution in [-0.2, 0) is 5.88 Å². The highest BCUT2D eigenvalue weighted by atomic mass is 35.5. The number of aryl methyl sites for hydroxylation is 1. The Morgan fingerprint density at radius 3 is 2.59 bits per heavy atom. The summed E-state index contributed by atoms with van der Waals surface area (Å²) in [6, 6.07) is 8.92. The summed E-state index contributed by atoms with van der Waals surface area (Å²) in [5.41, 5.74) is 1.67. The Hall–Kier alpha value is -1.32. The van der Waals surface area contributed by atoms with Crippen molar-refractivity contribution in [1.82, 2.24) is 10.2 Å². The number of alkyl halides is 1. The quantitative estimate of drug-likeness (QED) is 0.791. The lowest BCUT2D eigenvalue weighted by Crippen LogP contribution is -1.93. The van der Waals surface area contributed by atoms with E-state index < -0.39 is 0 Å². The van der Waals surface area contributed by atoms with E-state index >= 15 is 0 Å². The van der Waals surface area contributed by atoms with E-state index in [2.05, 4.69) is 10.2 Å². The van der Waals surface area contributed by atoms with Crippen LogP contribution in [0.3, 0.4) is 0 Å². The van der Waals surface area contributed by atoms with Gasteiger partial charge in [0, 0.05) is 11.1 Å². The van der Waals surface area contributed by atoms with Gasteiger partial charge in [-0.05, 0) is 36.8 Å². The van der Waals surface area contributed by atoms with E-state index in [9.17, 15) is 0 Å². The Morgan fingerprint density at radius 2 is 2.00 bits per heavy atom. The minimum absolute atomic E-state index is 0.341. The molecule has 5 heteroatoms. The number of hydrogen-bond acceptors (Lipinski definition) is 3. The summed E-state index contributed by atoms with van der Waals surface area (Å²) in [7, 11) is 0. The van der Waals surface area contributed by atoms with Gasteiger partial charge in [0.25, 0.3) is 0 Å². The summed E-state index contributed by atoms with van der Waals surface area (Å²) in [5.74, 6) is 1.45. The van der Waals surface area contributed by atoms with Crippen molar-refractivity contribution in [1.29, 1.82) is 0 Å². The lowest BCUT2D eigenvalue weighted by molar-refractivity contribution is 0.454. The highest BCUT2D eigenvalue weighted by Crippen LogP contribution is 2.24. The molecule has 0 unspecified atom stereocenters. The molecule has 3 nitrogen and oxygen atoms in total. The molecule has 0 N–H and O–H groups in total. The summed E-state index contributed by atoms with van der Waals surface area (Å²) in [5, 5.41) is 8.52. The second-order valence-corrected chi connectivity index (χ2v) is 4.18. The molecule has 0 saturated carbocycles. The van der Waals surface area contributed by atoms with Crippen LogP contribution in [0.2, 0.25) is 5.02 Å². The van der Waals surface area contributed by atoms with Crippen LogP contribution >= 0.6 is 23.2 Å². The number of benzene rings is 1. The molecule has 2 rings (SSSR count). The lowest BCUT2D eigenvalue weighted by Gasteiger charge is -2.05. The number of ether oxygens (including phenoxy) is 1. The third-order valence-electron chi connectivity index (χ3n) is 2.18.